The summed E-state index contributed by atoms with van der Waals surface area (Å²) in [6, 6.07) is 11.5. The highest BCUT2D eigenvalue weighted by molar-refractivity contribution is 7.89. The van der Waals surface area contributed by atoms with Crippen LogP contribution in [0.5, 0.6) is 11.5 Å². The highest BCUT2D eigenvalue weighted by Gasteiger charge is 2.30. The number of sulfonamides is 1. The number of hydrogen-bond donors (Lipinski definition) is 0. The molecule has 0 aromatic heterocycles. The van der Waals surface area contributed by atoms with Crippen molar-refractivity contribution in [3.8, 4) is 11.5 Å². The van der Waals surface area contributed by atoms with Crippen LogP contribution in [0.15, 0.2) is 47.4 Å². The zero-order valence-corrected chi connectivity index (χ0v) is 20.8. The smallest absolute Gasteiger partial charge is 0.253 e. The molecule has 9 nitrogen and oxygen atoms in total. The highest BCUT2D eigenvalue weighted by atomic mass is 32.2. The van der Waals surface area contributed by atoms with Gasteiger partial charge in [-0.05, 0) is 42.8 Å². The van der Waals surface area contributed by atoms with E-state index in [1.54, 1.807) is 37.3 Å². The fourth-order valence-electron chi connectivity index (χ4n) is 3.83. The Kier molecular flexibility index (Phi) is 8.16. The van der Waals surface area contributed by atoms with Crippen molar-refractivity contribution in [1.29, 1.82) is 0 Å². The van der Waals surface area contributed by atoms with E-state index in [-0.39, 0.29) is 35.4 Å². The molecule has 0 atom stereocenters. The Morgan fingerprint density at radius 1 is 1.03 bits per heavy atom. The van der Waals surface area contributed by atoms with Crippen molar-refractivity contribution in [2.24, 2.45) is 0 Å². The van der Waals surface area contributed by atoms with E-state index < -0.39 is 10.0 Å². The fourth-order valence-corrected chi connectivity index (χ4v) is 5.30. The molecule has 2 amide bonds. The molecular formula is C24H31N3O6S. The van der Waals surface area contributed by atoms with Gasteiger partial charge in [-0.15, -0.1) is 0 Å². The Hall–Kier alpha value is -3.11. The maximum absolute atomic E-state index is 13.1. The summed E-state index contributed by atoms with van der Waals surface area (Å²) in [5.41, 5.74) is 1.13. The second-order valence-corrected chi connectivity index (χ2v) is 9.96. The van der Waals surface area contributed by atoms with Crippen molar-refractivity contribution < 1.29 is 27.5 Å². The number of rotatable bonds is 8. The minimum absolute atomic E-state index is 0.0609. The number of ether oxygens (including phenoxy) is 2. The minimum atomic E-state index is -3.78. The van der Waals surface area contributed by atoms with Gasteiger partial charge in [-0.3, -0.25) is 9.59 Å². The first-order valence-electron chi connectivity index (χ1n) is 11.1. The minimum Gasteiger partial charge on any atom is -0.493 e. The van der Waals surface area contributed by atoms with Crippen LogP contribution in [0.4, 0.5) is 0 Å². The quantitative estimate of drug-likeness (QED) is 0.564. The highest BCUT2D eigenvalue weighted by Crippen LogP contribution is 2.28. The van der Waals surface area contributed by atoms with E-state index in [0.717, 1.165) is 5.56 Å². The Morgan fingerprint density at radius 3 is 2.35 bits per heavy atom. The summed E-state index contributed by atoms with van der Waals surface area (Å²) in [7, 11) is -0.559. The van der Waals surface area contributed by atoms with Gasteiger partial charge in [-0.1, -0.05) is 12.1 Å². The van der Waals surface area contributed by atoms with Crippen molar-refractivity contribution >= 4 is 21.8 Å². The van der Waals surface area contributed by atoms with E-state index in [0.29, 0.717) is 37.7 Å². The van der Waals surface area contributed by atoms with Gasteiger partial charge in [0, 0.05) is 52.3 Å². The molecule has 0 spiro atoms. The van der Waals surface area contributed by atoms with Crippen LogP contribution < -0.4 is 9.47 Å². The molecule has 2 aromatic rings. The van der Waals surface area contributed by atoms with Crippen molar-refractivity contribution in [2.45, 2.75) is 25.3 Å². The lowest BCUT2D eigenvalue weighted by molar-refractivity contribution is -0.129. The second-order valence-electron chi connectivity index (χ2n) is 8.02. The summed E-state index contributed by atoms with van der Waals surface area (Å²) < 4.78 is 38.5. The zero-order valence-electron chi connectivity index (χ0n) is 20.0. The summed E-state index contributed by atoms with van der Waals surface area (Å²) >= 11 is 0. The lowest BCUT2D eigenvalue weighted by Crippen LogP contribution is -2.49. The van der Waals surface area contributed by atoms with Crippen LogP contribution in [0.1, 0.15) is 29.8 Å². The molecule has 0 bridgehead atoms. The number of carbonyl (C=O) groups excluding carboxylic acids is 2. The van der Waals surface area contributed by atoms with Crippen LogP contribution in [0.25, 0.3) is 0 Å². The molecule has 2 aromatic carbocycles. The molecule has 1 saturated heterocycles. The van der Waals surface area contributed by atoms with E-state index in [9.17, 15) is 18.0 Å². The predicted molar refractivity (Wildman–Crippen MR) is 127 cm³/mol. The first-order chi connectivity index (χ1) is 16.2. The standard InChI is InChI=1S/C24H31N3O6S/c1-5-33-22-10-9-19(15-23(22)32-4)17-25(3)24(29)20-7-6-8-21(16-20)34(30,31)27-13-11-26(12-14-27)18(2)28/h6-10,15-16H,5,11-14,17H2,1-4H3. The Bertz CT molecular complexity index is 1140. The van der Waals surface area contributed by atoms with Crippen LogP contribution in [0.3, 0.4) is 0 Å². The summed E-state index contributed by atoms with van der Waals surface area (Å²) in [5.74, 6) is 0.840. The topological polar surface area (TPSA) is 96.5 Å². The number of nitrogens with zero attached hydrogens (tertiary/aromatic N) is 3. The lowest BCUT2D eigenvalue weighted by Gasteiger charge is -2.33. The molecule has 1 fully saturated rings. The van der Waals surface area contributed by atoms with Crippen molar-refractivity contribution in [1.82, 2.24) is 14.1 Å². The van der Waals surface area contributed by atoms with Crippen LogP contribution >= 0.6 is 0 Å². The molecule has 0 unspecified atom stereocenters. The first kappa shape index (κ1) is 25.5. The van der Waals surface area contributed by atoms with Gasteiger partial charge in [0.05, 0.1) is 18.6 Å². The number of benzene rings is 2. The number of hydrogen-bond acceptors (Lipinski definition) is 6. The van der Waals surface area contributed by atoms with Crippen LogP contribution in [-0.2, 0) is 21.4 Å². The monoisotopic (exact) mass is 489 g/mol. The maximum atomic E-state index is 13.1. The molecule has 0 aliphatic carbocycles. The van der Waals surface area contributed by atoms with Gasteiger partial charge in [-0.2, -0.15) is 4.31 Å². The van der Waals surface area contributed by atoms with E-state index >= 15 is 0 Å². The van der Waals surface area contributed by atoms with Crippen LogP contribution in [0, 0.1) is 0 Å². The first-order valence-corrected chi connectivity index (χ1v) is 12.5. The molecule has 10 heteroatoms. The van der Waals surface area contributed by atoms with Crippen LogP contribution in [0.2, 0.25) is 0 Å². The Balaban J connectivity index is 1.73. The average molecular weight is 490 g/mol. The summed E-state index contributed by atoms with van der Waals surface area (Å²) in [6.45, 7) is 5.33. The normalized spacial score (nSPS) is 14.5. The molecule has 34 heavy (non-hydrogen) atoms. The number of carbonyl (C=O) groups is 2. The average Bonchev–Trinajstić information content (AvgIpc) is 2.84. The molecule has 1 aliphatic heterocycles. The third-order valence-corrected chi connectivity index (χ3v) is 7.59. The van der Waals surface area contributed by atoms with Crippen molar-refractivity contribution in [3.63, 3.8) is 0 Å². The fraction of sp³-hybridized carbons (Fsp3) is 0.417. The summed E-state index contributed by atoms with van der Waals surface area (Å²) in [5, 5.41) is 0. The number of methoxy groups -OCH3 is 1. The van der Waals surface area contributed by atoms with Crippen molar-refractivity contribution in [3.05, 3.63) is 53.6 Å². The number of piperazine rings is 1. The summed E-state index contributed by atoms with van der Waals surface area (Å²) in [4.78, 5) is 27.8. The SMILES string of the molecule is CCOc1ccc(CN(C)C(=O)c2cccc(S(=O)(=O)N3CCN(C(C)=O)CC3)c2)cc1OC. The van der Waals surface area contributed by atoms with Gasteiger partial charge in [-0.25, -0.2) is 8.42 Å². The molecular weight excluding hydrogens is 458 g/mol. The molecule has 0 N–H and O–H groups in total. The van der Waals surface area contributed by atoms with Gasteiger partial charge < -0.3 is 19.3 Å². The van der Waals surface area contributed by atoms with E-state index in [1.807, 2.05) is 19.1 Å². The number of amides is 2. The lowest BCUT2D eigenvalue weighted by atomic mass is 10.1. The summed E-state index contributed by atoms with van der Waals surface area (Å²) in [6.07, 6.45) is 0. The maximum Gasteiger partial charge on any atom is 0.253 e. The molecule has 0 saturated carbocycles. The molecule has 0 radical (unpaired) electrons. The van der Waals surface area contributed by atoms with E-state index in [1.165, 1.54) is 28.3 Å². The van der Waals surface area contributed by atoms with Crippen molar-refractivity contribution in [2.75, 3.05) is 46.9 Å². The van der Waals surface area contributed by atoms with Gasteiger partial charge in [0.2, 0.25) is 15.9 Å². The molecule has 3 rings (SSSR count). The predicted octanol–water partition coefficient (Wildman–Crippen LogP) is 2.22. The van der Waals surface area contributed by atoms with Crippen LogP contribution in [-0.4, -0.2) is 81.3 Å². The Labute approximate surface area is 200 Å². The second kappa shape index (κ2) is 10.9. The van der Waals surface area contributed by atoms with E-state index in [2.05, 4.69) is 0 Å². The molecule has 184 valence electrons. The largest absolute Gasteiger partial charge is 0.493 e. The Morgan fingerprint density at radius 2 is 1.74 bits per heavy atom. The third kappa shape index (κ3) is 5.68. The van der Waals surface area contributed by atoms with Gasteiger partial charge in [0.25, 0.3) is 5.91 Å². The molecule has 1 aliphatic rings. The van der Waals surface area contributed by atoms with Gasteiger partial charge >= 0.3 is 0 Å². The molecule has 1 heterocycles. The van der Waals surface area contributed by atoms with E-state index in [4.69, 9.17) is 9.47 Å². The third-order valence-electron chi connectivity index (χ3n) is 5.70. The van der Waals surface area contributed by atoms with Gasteiger partial charge in [0.15, 0.2) is 11.5 Å². The zero-order chi connectivity index (χ0) is 24.9. The van der Waals surface area contributed by atoms with Gasteiger partial charge in [0.1, 0.15) is 0 Å².